The van der Waals surface area contributed by atoms with E-state index in [4.69, 9.17) is 5.26 Å². The Morgan fingerprint density at radius 1 is 1.30 bits per heavy atom. The number of rotatable bonds is 6. The fourth-order valence-electron chi connectivity index (χ4n) is 3.89. The zero-order chi connectivity index (χ0) is 21.7. The molecule has 1 unspecified atom stereocenters. The molecule has 1 amide bonds. The number of hydrogen-bond acceptors (Lipinski definition) is 4. The molecule has 1 saturated carbocycles. The molecule has 1 aliphatic carbocycles. The molecule has 0 radical (unpaired) electrons. The van der Waals surface area contributed by atoms with Crippen molar-refractivity contribution in [3.05, 3.63) is 53.2 Å². The van der Waals surface area contributed by atoms with Crippen molar-refractivity contribution in [2.75, 3.05) is 11.6 Å². The molecular weight excluding hydrogens is 411 g/mol. The van der Waals surface area contributed by atoms with Crippen molar-refractivity contribution < 1.29 is 18.0 Å². The highest BCUT2D eigenvalue weighted by atomic mass is 32.2. The monoisotopic (exact) mass is 433 g/mol. The summed E-state index contributed by atoms with van der Waals surface area (Å²) < 4.78 is 40.7. The van der Waals surface area contributed by atoms with Gasteiger partial charge in [0.15, 0.2) is 0 Å². The minimum absolute atomic E-state index is 0.139. The van der Waals surface area contributed by atoms with Crippen molar-refractivity contribution in [2.45, 2.75) is 49.1 Å². The van der Waals surface area contributed by atoms with Gasteiger partial charge in [0.05, 0.1) is 17.0 Å². The second-order valence-corrected chi connectivity index (χ2v) is 8.28. The van der Waals surface area contributed by atoms with Crippen LogP contribution in [0.15, 0.2) is 41.4 Å². The van der Waals surface area contributed by atoms with E-state index in [0.29, 0.717) is 23.5 Å². The quantitative estimate of drug-likeness (QED) is 0.568. The maximum atomic E-state index is 13.6. The van der Waals surface area contributed by atoms with Gasteiger partial charge in [0.1, 0.15) is 11.9 Å². The Balaban J connectivity index is 1.91. The average Bonchev–Trinajstić information content (AvgIpc) is 3.25. The number of thioether (sulfide) groups is 1. The lowest BCUT2D eigenvalue weighted by Gasteiger charge is -2.22. The maximum Gasteiger partial charge on any atom is 0.417 e. The van der Waals surface area contributed by atoms with Crippen LogP contribution in [0, 0.1) is 17.2 Å². The van der Waals surface area contributed by atoms with Crippen LogP contribution in [-0.4, -0.2) is 17.1 Å². The number of benzene rings is 1. The lowest BCUT2D eigenvalue weighted by atomic mass is 9.86. The second-order valence-electron chi connectivity index (χ2n) is 7.43. The van der Waals surface area contributed by atoms with Crippen LogP contribution in [-0.2, 0) is 11.0 Å². The third kappa shape index (κ3) is 5.33. The van der Waals surface area contributed by atoms with Gasteiger partial charge in [0.2, 0.25) is 5.91 Å². The van der Waals surface area contributed by atoms with E-state index in [2.05, 4.69) is 10.3 Å². The Hall–Kier alpha value is -2.53. The van der Waals surface area contributed by atoms with Crippen molar-refractivity contribution in [3.63, 3.8) is 0 Å². The largest absolute Gasteiger partial charge is 0.417 e. The molecule has 0 saturated heterocycles. The van der Waals surface area contributed by atoms with E-state index in [1.807, 2.05) is 6.07 Å². The van der Waals surface area contributed by atoms with E-state index in [9.17, 15) is 18.0 Å². The third-order valence-corrected chi connectivity index (χ3v) is 6.23. The molecular formula is C22H22F3N3OS. The van der Waals surface area contributed by atoms with Crippen LogP contribution in [0.2, 0.25) is 0 Å². The van der Waals surface area contributed by atoms with Gasteiger partial charge in [0.25, 0.3) is 0 Å². The van der Waals surface area contributed by atoms with Gasteiger partial charge in [-0.1, -0.05) is 31.7 Å². The van der Waals surface area contributed by atoms with E-state index >= 15 is 0 Å². The number of halogens is 3. The number of hydrogen-bond donors (Lipinski definition) is 1. The Labute approximate surface area is 177 Å². The van der Waals surface area contributed by atoms with E-state index in [1.165, 1.54) is 24.4 Å². The molecule has 158 valence electrons. The van der Waals surface area contributed by atoms with Crippen LogP contribution in [0.1, 0.15) is 54.7 Å². The number of nitriles is 1. The Morgan fingerprint density at radius 3 is 2.60 bits per heavy atom. The van der Waals surface area contributed by atoms with E-state index < -0.39 is 17.7 Å². The van der Waals surface area contributed by atoms with E-state index in [0.717, 1.165) is 43.5 Å². The predicted molar refractivity (Wildman–Crippen MR) is 110 cm³/mol. The number of aromatic nitrogens is 1. The molecule has 2 aromatic rings. The molecule has 1 fully saturated rings. The molecule has 0 bridgehead atoms. The van der Waals surface area contributed by atoms with Gasteiger partial charge in [-0.25, -0.2) is 4.98 Å². The van der Waals surface area contributed by atoms with Crippen LogP contribution in [0.5, 0.6) is 0 Å². The van der Waals surface area contributed by atoms with Crippen LogP contribution < -0.4 is 5.32 Å². The summed E-state index contributed by atoms with van der Waals surface area (Å²) in [6.07, 6.45) is 3.07. The van der Waals surface area contributed by atoms with Crippen LogP contribution >= 0.6 is 11.8 Å². The first-order valence-electron chi connectivity index (χ1n) is 9.74. The summed E-state index contributed by atoms with van der Waals surface area (Å²) in [7, 11) is 0. The summed E-state index contributed by atoms with van der Waals surface area (Å²) in [4.78, 5) is 17.3. The van der Waals surface area contributed by atoms with Crippen molar-refractivity contribution in [1.29, 1.82) is 5.26 Å². The van der Waals surface area contributed by atoms with Gasteiger partial charge >= 0.3 is 6.18 Å². The maximum absolute atomic E-state index is 13.6. The fraction of sp³-hybridized carbons (Fsp3) is 0.409. The summed E-state index contributed by atoms with van der Waals surface area (Å²) in [6.45, 7) is 0. The molecule has 1 N–H and O–H groups in total. The van der Waals surface area contributed by atoms with Gasteiger partial charge in [-0.15, -0.1) is 11.8 Å². The normalized spacial score (nSPS) is 15.6. The van der Waals surface area contributed by atoms with Gasteiger partial charge in [0, 0.05) is 11.1 Å². The molecule has 0 spiro atoms. The summed E-state index contributed by atoms with van der Waals surface area (Å²) in [5, 5.41) is 11.6. The number of pyridine rings is 1. The molecule has 1 heterocycles. The first-order valence-corrected chi connectivity index (χ1v) is 11.0. The lowest BCUT2D eigenvalue weighted by Crippen LogP contribution is -2.24. The predicted octanol–water partition coefficient (Wildman–Crippen LogP) is 6.00. The third-order valence-electron chi connectivity index (χ3n) is 5.44. The van der Waals surface area contributed by atoms with Crippen LogP contribution in [0.4, 0.5) is 19.0 Å². The first-order chi connectivity index (χ1) is 14.3. The highest BCUT2D eigenvalue weighted by Gasteiger charge is 2.35. The van der Waals surface area contributed by atoms with Crippen molar-refractivity contribution >= 4 is 23.5 Å². The summed E-state index contributed by atoms with van der Waals surface area (Å²) in [5.41, 5.74) is 0.00404. The second kappa shape index (κ2) is 9.52. The van der Waals surface area contributed by atoms with Crippen molar-refractivity contribution in [3.8, 4) is 6.07 Å². The lowest BCUT2D eigenvalue weighted by molar-refractivity contribution is -0.139. The zero-order valence-electron chi connectivity index (χ0n) is 16.5. The molecule has 8 heteroatoms. The topological polar surface area (TPSA) is 65.8 Å². The van der Waals surface area contributed by atoms with Crippen LogP contribution in [0.25, 0.3) is 0 Å². The number of nitrogens with zero attached hydrogens (tertiary/aromatic N) is 2. The van der Waals surface area contributed by atoms with Crippen molar-refractivity contribution in [1.82, 2.24) is 4.98 Å². The molecule has 30 heavy (non-hydrogen) atoms. The number of alkyl halides is 3. The summed E-state index contributed by atoms with van der Waals surface area (Å²) >= 11 is 1.03. The van der Waals surface area contributed by atoms with Crippen LogP contribution in [0.3, 0.4) is 0 Å². The molecule has 0 aliphatic heterocycles. The molecule has 1 atom stereocenters. The highest BCUT2D eigenvalue weighted by Crippen LogP contribution is 2.40. The van der Waals surface area contributed by atoms with E-state index in [1.54, 1.807) is 12.3 Å². The number of anilines is 1. The molecule has 1 aliphatic rings. The number of carbonyl (C=O) groups is 1. The Morgan fingerprint density at radius 2 is 2.03 bits per heavy atom. The molecule has 3 rings (SSSR count). The Kier molecular flexibility index (Phi) is 7.03. The number of carbonyl (C=O) groups excluding carboxylic acids is 1. The van der Waals surface area contributed by atoms with Gasteiger partial charge in [-0.3, -0.25) is 4.79 Å². The molecule has 1 aromatic carbocycles. The Bertz CT molecular complexity index is 932. The number of nitrogens with one attached hydrogen (secondary N) is 1. The highest BCUT2D eigenvalue weighted by molar-refractivity contribution is 7.98. The van der Waals surface area contributed by atoms with Gasteiger partial charge in [-0.05, 0) is 48.4 Å². The fourth-order valence-corrected chi connectivity index (χ4v) is 4.48. The SMILES string of the molecule is CSc1ccc(C(CC2CCCC2)C(=O)Nc2ccc(C#N)cn2)cc1C(F)(F)F. The average molecular weight is 433 g/mol. The molecule has 1 aromatic heterocycles. The van der Waals surface area contributed by atoms with E-state index in [-0.39, 0.29) is 16.6 Å². The minimum Gasteiger partial charge on any atom is -0.310 e. The first kappa shape index (κ1) is 22.2. The minimum atomic E-state index is -4.49. The van der Waals surface area contributed by atoms with Gasteiger partial charge < -0.3 is 5.32 Å². The smallest absolute Gasteiger partial charge is 0.310 e. The standard InChI is InChI=1S/C22H22F3N3OS/c1-30-19-8-7-16(11-18(19)22(23,24)25)17(10-14-4-2-3-5-14)21(29)28-20-9-6-15(12-26)13-27-20/h6-9,11,13-14,17H,2-5,10H2,1H3,(H,27,28,29). The molecule has 4 nitrogen and oxygen atoms in total. The van der Waals surface area contributed by atoms with Crippen molar-refractivity contribution in [2.24, 2.45) is 5.92 Å². The summed E-state index contributed by atoms with van der Waals surface area (Å²) in [6, 6.07) is 9.17. The number of amides is 1. The zero-order valence-corrected chi connectivity index (χ0v) is 17.3. The van der Waals surface area contributed by atoms with Gasteiger partial charge in [-0.2, -0.15) is 18.4 Å². The summed E-state index contributed by atoms with van der Waals surface area (Å²) in [5.74, 6) is -0.511.